The molecule has 2 rings (SSSR count). The Morgan fingerprint density at radius 2 is 1.69 bits per heavy atom. The first-order valence-corrected chi connectivity index (χ1v) is 10.8. The van der Waals surface area contributed by atoms with Gasteiger partial charge in [-0.15, -0.1) is 11.3 Å². The minimum atomic E-state index is 0.474. The number of nitrogens with zero attached hydrogens (tertiary/aromatic N) is 1. The number of rotatable bonds is 10. The van der Waals surface area contributed by atoms with Crippen molar-refractivity contribution in [2.75, 3.05) is 20.2 Å². The molecule has 0 amide bonds. The van der Waals surface area contributed by atoms with E-state index in [9.17, 15) is 0 Å². The summed E-state index contributed by atoms with van der Waals surface area (Å²) in [5.41, 5.74) is 4.98. The third-order valence-corrected chi connectivity index (χ3v) is 6.07. The van der Waals surface area contributed by atoms with Crippen LogP contribution < -0.4 is 10.1 Å². The molecule has 1 aromatic carbocycles. The van der Waals surface area contributed by atoms with E-state index in [1.807, 2.05) is 7.05 Å². The van der Waals surface area contributed by atoms with E-state index in [0.29, 0.717) is 18.4 Å². The molecule has 2 atom stereocenters. The molecule has 0 aliphatic carbocycles. The van der Waals surface area contributed by atoms with Crippen molar-refractivity contribution in [2.24, 2.45) is 0 Å². The third kappa shape index (κ3) is 4.86. The summed E-state index contributed by atoms with van der Waals surface area (Å²) in [7, 11) is 1.98. The molecule has 2 unspecified atom stereocenters. The maximum absolute atomic E-state index is 6.14. The van der Waals surface area contributed by atoms with Crippen LogP contribution >= 0.6 is 11.3 Å². The molecule has 1 N–H and O–H groups in total. The molecule has 0 radical (unpaired) electrons. The lowest BCUT2D eigenvalue weighted by Crippen LogP contribution is -2.10. The fourth-order valence-corrected chi connectivity index (χ4v) is 3.90. The lowest BCUT2D eigenvalue weighted by Gasteiger charge is -2.23. The molecule has 0 aliphatic rings. The Labute approximate surface area is 163 Å². The lowest BCUT2D eigenvalue weighted by molar-refractivity contribution is 0.328. The van der Waals surface area contributed by atoms with Gasteiger partial charge in [-0.05, 0) is 61.9 Å². The molecule has 0 aliphatic heterocycles. The summed E-state index contributed by atoms with van der Waals surface area (Å²) in [5.74, 6) is 2.05. The smallest absolute Gasteiger partial charge is 0.126 e. The number of ether oxygens (including phenoxy) is 1. The van der Waals surface area contributed by atoms with Crippen LogP contribution in [0.15, 0.2) is 17.5 Å². The van der Waals surface area contributed by atoms with Crippen LogP contribution in [0.5, 0.6) is 5.75 Å². The van der Waals surface area contributed by atoms with Gasteiger partial charge in [-0.3, -0.25) is 0 Å². The van der Waals surface area contributed by atoms with Gasteiger partial charge in [-0.1, -0.05) is 27.7 Å². The highest BCUT2D eigenvalue weighted by molar-refractivity contribution is 7.09. The third-order valence-electron chi connectivity index (χ3n) is 5.16. The molecule has 0 saturated carbocycles. The highest BCUT2D eigenvalue weighted by Crippen LogP contribution is 2.40. The van der Waals surface area contributed by atoms with Crippen LogP contribution in [-0.4, -0.2) is 25.2 Å². The maximum Gasteiger partial charge on any atom is 0.126 e. The summed E-state index contributed by atoms with van der Waals surface area (Å²) >= 11 is 1.76. The lowest BCUT2D eigenvalue weighted by atomic mass is 9.87. The first-order chi connectivity index (χ1) is 12.5. The average Bonchev–Trinajstić information content (AvgIpc) is 3.14. The Hall–Kier alpha value is -1.39. The van der Waals surface area contributed by atoms with Crippen LogP contribution in [0.3, 0.4) is 0 Å². The molecule has 0 fully saturated rings. The van der Waals surface area contributed by atoms with E-state index in [1.165, 1.54) is 21.7 Å². The van der Waals surface area contributed by atoms with Crippen LogP contribution in [0, 0.1) is 0 Å². The molecule has 26 heavy (non-hydrogen) atoms. The zero-order valence-corrected chi connectivity index (χ0v) is 18.0. The molecule has 144 valence electrons. The zero-order valence-electron chi connectivity index (χ0n) is 17.2. The number of likely N-dealkylation sites (N-methyl/N-ethyl adjacent to an activating group) is 1. The maximum atomic E-state index is 6.14. The molecule has 0 spiro atoms. The molecule has 1 aromatic heterocycles. The first kappa shape index (κ1) is 20.9. The van der Waals surface area contributed by atoms with Crippen LogP contribution in [-0.2, 0) is 6.42 Å². The second kappa shape index (κ2) is 10.1. The fourth-order valence-electron chi connectivity index (χ4n) is 3.10. The minimum absolute atomic E-state index is 0.474. The Morgan fingerprint density at radius 3 is 2.19 bits per heavy atom. The quantitative estimate of drug-likeness (QED) is 0.554. The Bertz CT molecular complexity index is 664. The Morgan fingerprint density at radius 1 is 1.08 bits per heavy atom. The topological polar surface area (TPSA) is 34.1 Å². The van der Waals surface area contributed by atoms with E-state index in [2.05, 4.69) is 57.4 Å². The van der Waals surface area contributed by atoms with Gasteiger partial charge >= 0.3 is 0 Å². The Balaban J connectivity index is 2.53. The molecule has 0 saturated heterocycles. The monoisotopic (exact) mass is 374 g/mol. The molecular formula is C22H34N2OS. The van der Waals surface area contributed by atoms with Crippen LogP contribution in [0.4, 0.5) is 0 Å². The van der Waals surface area contributed by atoms with Gasteiger partial charge in [0.2, 0.25) is 0 Å². The Kier molecular flexibility index (Phi) is 8.11. The number of aromatic nitrogens is 1. The first-order valence-electron chi connectivity index (χ1n) is 9.95. The van der Waals surface area contributed by atoms with Crippen LogP contribution in [0.25, 0.3) is 11.3 Å². The van der Waals surface area contributed by atoms with Gasteiger partial charge in [0.25, 0.3) is 0 Å². The second-order valence-corrected chi connectivity index (χ2v) is 7.96. The van der Waals surface area contributed by atoms with Crippen molar-refractivity contribution in [2.45, 2.75) is 65.7 Å². The fraction of sp³-hybridized carbons (Fsp3) is 0.591. The average molecular weight is 375 g/mol. The van der Waals surface area contributed by atoms with Gasteiger partial charge in [0.1, 0.15) is 5.75 Å². The van der Waals surface area contributed by atoms with Crippen molar-refractivity contribution in [3.63, 3.8) is 0 Å². The van der Waals surface area contributed by atoms with E-state index in [1.54, 1.807) is 11.3 Å². The van der Waals surface area contributed by atoms with Crippen molar-refractivity contribution in [3.8, 4) is 17.0 Å². The van der Waals surface area contributed by atoms with Crippen molar-refractivity contribution in [3.05, 3.63) is 33.6 Å². The van der Waals surface area contributed by atoms with Crippen LogP contribution in [0.1, 0.15) is 75.4 Å². The van der Waals surface area contributed by atoms with E-state index in [0.717, 1.165) is 37.3 Å². The van der Waals surface area contributed by atoms with E-state index in [-0.39, 0.29) is 0 Å². The van der Waals surface area contributed by atoms with Crippen LogP contribution in [0.2, 0.25) is 0 Å². The van der Waals surface area contributed by atoms with Crippen molar-refractivity contribution < 1.29 is 4.74 Å². The minimum Gasteiger partial charge on any atom is -0.493 e. The van der Waals surface area contributed by atoms with Crippen molar-refractivity contribution in [1.29, 1.82) is 0 Å². The summed E-state index contributed by atoms with van der Waals surface area (Å²) in [6, 6.07) is 4.61. The molecule has 3 nitrogen and oxygen atoms in total. The van der Waals surface area contributed by atoms with Crippen molar-refractivity contribution in [1.82, 2.24) is 10.3 Å². The summed E-state index contributed by atoms with van der Waals surface area (Å²) in [6.07, 6.45) is 3.19. The predicted octanol–water partition coefficient (Wildman–Crippen LogP) is 6.00. The van der Waals surface area contributed by atoms with E-state index in [4.69, 9.17) is 9.72 Å². The molecule has 4 heteroatoms. The summed E-state index contributed by atoms with van der Waals surface area (Å²) in [5, 5.41) is 6.59. The number of thiazole rings is 1. The number of hydrogen-bond acceptors (Lipinski definition) is 4. The number of nitrogens with one attached hydrogen (secondary N) is 1. The number of benzene rings is 1. The number of hydrogen-bond donors (Lipinski definition) is 1. The van der Waals surface area contributed by atoms with Gasteiger partial charge in [-0.25, -0.2) is 4.98 Å². The molecule has 0 bridgehead atoms. The summed E-state index contributed by atoms with van der Waals surface area (Å²) in [6.45, 7) is 12.8. The summed E-state index contributed by atoms with van der Waals surface area (Å²) < 4.78 is 6.14. The highest BCUT2D eigenvalue weighted by Gasteiger charge is 2.20. The normalized spacial score (nSPS) is 13.6. The van der Waals surface area contributed by atoms with Gasteiger partial charge in [0, 0.05) is 23.9 Å². The standard InChI is InChI=1S/C22H34N2OS/c1-7-15(4)18-12-17(20-14-26-21(24-20)10-11-23-6)13-19(16(5)8-2)22(18)25-9-3/h12-16,23H,7-11H2,1-6H3. The van der Waals surface area contributed by atoms with Gasteiger partial charge in [0.15, 0.2) is 0 Å². The highest BCUT2D eigenvalue weighted by atomic mass is 32.1. The predicted molar refractivity (Wildman–Crippen MR) is 114 cm³/mol. The second-order valence-electron chi connectivity index (χ2n) is 7.02. The van der Waals surface area contributed by atoms with Gasteiger partial charge in [0.05, 0.1) is 17.3 Å². The zero-order chi connectivity index (χ0) is 19.1. The summed E-state index contributed by atoms with van der Waals surface area (Å²) in [4.78, 5) is 4.88. The van der Waals surface area contributed by atoms with E-state index < -0.39 is 0 Å². The van der Waals surface area contributed by atoms with Crippen molar-refractivity contribution >= 4 is 11.3 Å². The van der Waals surface area contributed by atoms with E-state index >= 15 is 0 Å². The molecule has 2 aromatic rings. The molecule has 1 heterocycles. The SMILES string of the molecule is CCOc1c(C(C)CC)cc(-c2csc(CCNC)n2)cc1C(C)CC. The van der Waals surface area contributed by atoms with Gasteiger partial charge in [-0.2, -0.15) is 0 Å². The molecular weight excluding hydrogens is 340 g/mol. The van der Waals surface area contributed by atoms with Gasteiger partial charge < -0.3 is 10.1 Å². The largest absolute Gasteiger partial charge is 0.493 e.